The summed E-state index contributed by atoms with van der Waals surface area (Å²) in [5.41, 5.74) is 4.54. The number of ether oxygens (including phenoxy) is 1. The number of hydrogen-bond donors (Lipinski definition) is 2. The maximum atomic E-state index is 6.03. The zero-order chi connectivity index (χ0) is 19.1. The monoisotopic (exact) mass is 537 g/mol. The Morgan fingerprint density at radius 1 is 1.19 bits per heavy atom. The van der Waals surface area contributed by atoms with Gasteiger partial charge < -0.3 is 10.1 Å². The Morgan fingerprint density at radius 2 is 1.88 bits per heavy atom. The van der Waals surface area contributed by atoms with Gasteiger partial charge in [0.2, 0.25) is 0 Å². The molecule has 0 radical (unpaired) electrons. The number of halogens is 4. The zero-order valence-corrected chi connectivity index (χ0v) is 19.2. The van der Waals surface area contributed by atoms with Crippen molar-refractivity contribution in [3.63, 3.8) is 0 Å². The van der Waals surface area contributed by atoms with Gasteiger partial charge in [0.1, 0.15) is 12.4 Å². The van der Waals surface area contributed by atoms with Crippen LogP contribution in [0.25, 0.3) is 0 Å². The van der Waals surface area contributed by atoms with Crippen molar-refractivity contribution in [3.8, 4) is 5.75 Å². The highest BCUT2D eigenvalue weighted by atomic mass is 79.9. The molecule has 9 heteroatoms. The molecule has 0 aliphatic heterocycles. The number of nitrogens with zero attached hydrogens (tertiary/aromatic N) is 1. The van der Waals surface area contributed by atoms with Crippen molar-refractivity contribution in [2.75, 3.05) is 6.54 Å². The molecule has 0 fully saturated rings. The van der Waals surface area contributed by atoms with Crippen LogP contribution in [0.15, 0.2) is 44.4 Å². The third-order valence-corrected chi connectivity index (χ3v) is 5.26. The van der Waals surface area contributed by atoms with Crippen molar-refractivity contribution >= 4 is 78.6 Å². The van der Waals surface area contributed by atoms with Gasteiger partial charge in [0.15, 0.2) is 5.11 Å². The Bertz CT molecular complexity index is 811. The van der Waals surface area contributed by atoms with Crippen LogP contribution in [0, 0.1) is 0 Å². The van der Waals surface area contributed by atoms with E-state index >= 15 is 0 Å². The Labute approximate surface area is 184 Å². The first-order valence-corrected chi connectivity index (χ1v) is 10.3. The first-order valence-electron chi connectivity index (χ1n) is 7.53. The molecular formula is C17H15Br2Cl2N3OS. The van der Waals surface area contributed by atoms with E-state index in [9.17, 15) is 0 Å². The molecule has 0 atom stereocenters. The molecule has 0 aromatic heterocycles. The van der Waals surface area contributed by atoms with Crippen molar-refractivity contribution in [2.24, 2.45) is 5.10 Å². The first-order chi connectivity index (χ1) is 12.4. The average molecular weight is 540 g/mol. The van der Waals surface area contributed by atoms with Gasteiger partial charge in [-0.2, -0.15) is 5.10 Å². The fourth-order valence-electron chi connectivity index (χ4n) is 1.94. The molecule has 4 nitrogen and oxygen atoms in total. The van der Waals surface area contributed by atoms with Crippen LogP contribution in [0.3, 0.4) is 0 Å². The molecule has 2 aromatic carbocycles. The second kappa shape index (κ2) is 10.5. The predicted octanol–water partition coefficient (Wildman–Crippen LogP) is 5.92. The van der Waals surface area contributed by atoms with E-state index in [-0.39, 0.29) is 0 Å². The van der Waals surface area contributed by atoms with E-state index < -0.39 is 0 Å². The maximum Gasteiger partial charge on any atom is 0.186 e. The van der Waals surface area contributed by atoms with Crippen LogP contribution in [-0.4, -0.2) is 17.9 Å². The number of nitrogens with one attached hydrogen (secondary N) is 2. The standard InChI is InChI=1S/C17H15Br2Cl2N3OS/c1-2-22-17(26)24-23-8-11-5-12(18)16(13(19)6-11)25-9-10-3-4-14(20)15(21)7-10/h3-8H,2,9H2,1H3,(H2,22,24,26)/b23-8-. The minimum Gasteiger partial charge on any atom is -0.487 e. The van der Waals surface area contributed by atoms with Gasteiger partial charge in [-0.3, -0.25) is 5.43 Å². The fourth-order valence-corrected chi connectivity index (χ4v) is 3.91. The van der Waals surface area contributed by atoms with Crippen molar-refractivity contribution in [1.29, 1.82) is 0 Å². The van der Waals surface area contributed by atoms with Crippen molar-refractivity contribution in [2.45, 2.75) is 13.5 Å². The van der Waals surface area contributed by atoms with Crippen molar-refractivity contribution in [3.05, 3.63) is 60.4 Å². The van der Waals surface area contributed by atoms with Crippen LogP contribution in [0.5, 0.6) is 5.75 Å². The second-order valence-electron chi connectivity index (χ2n) is 5.08. The summed E-state index contributed by atoms with van der Waals surface area (Å²) < 4.78 is 7.48. The summed E-state index contributed by atoms with van der Waals surface area (Å²) in [4.78, 5) is 0. The molecular weight excluding hydrogens is 525 g/mol. The lowest BCUT2D eigenvalue weighted by Crippen LogP contribution is -2.31. The Kier molecular flexibility index (Phi) is 8.63. The molecule has 0 bridgehead atoms. The third kappa shape index (κ3) is 6.39. The molecule has 138 valence electrons. The van der Waals surface area contributed by atoms with Crippen LogP contribution in [0.4, 0.5) is 0 Å². The number of rotatable bonds is 6. The molecule has 0 aliphatic rings. The normalized spacial score (nSPS) is 10.8. The van der Waals surface area contributed by atoms with Crippen LogP contribution in [0.2, 0.25) is 10.0 Å². The topological polar surface area (TPSA) is 45.7 Å². The van der Waals surface area contributed by atoms with Crippen molar-refractivity contribution < 1.29 is 4.74 Å². The minimum absolute atomic E-state index is 0.361. The Hall–Kier alpha value is -0.860. The molecule has 0 spiro atoms. The summed E-state index contributed by atoms with van der Waals surface area (Å²) in [5.74, 6) is 0.685. The van der Waals surface area contributed by atoms with E-state index in [0.29, 0.717) is 27.5 Å². The minimum atomic E-state index is 0.361. The largest absolute Gasteiger partial charge is 0.487 e. The molecule has 2 aromatic rings. The van der Waals surface area contributed by atoms with Gasteiger partial charge in [-0.1, -0.05) is 29.3 Å². The van der Waals surface area contributed by atoms with E-state index in [1.165, 1.54) is 0 Å². The lowest BCUT2D eigenvalue weighted by atomic mass is 10.2. The highest BCUT2D eigenvalue weighted by Gasteiger charge is 2.09. The molecule has 0 saturated carbocycles. The van der Waals surface area contributed by atoms with Crippen LogP contribution >= 0.6 is 67.3 Å². The van der Waals surface area contributed by atoms with Gasteiger partial charge in [0, 0.05) is 6.54 Å². The van der Waals surface area contributed by atoms with Gasteiger partial charge in [0.25, 0.3) is 0 Å². The van der Waals surface area contributed by atoms with Crippen LogP contribution in [0.1, 0.15) is 18.1 Å². The first kappa shape index (κ1) is 21.4. The van der Waals surface area contributed by atoms with E-state index in [4.69, 9.17) is 40.2 Å². The summed E-state index contributed by atoms with van der Waals surface area (Å²) in [7, 11) is 0. The Morgan fingerprint density at radius 3 is 2.50 bits per heavy atom. The molecule has 0 aliphatic carbocycles. The van der Waals surface area contributed by atoms with Gasteiger partial charge in [-0.15, -0.1) is 0 Å². The quantitative estimate of drug-likeness (QED) is 0.272. The Balaban J connectivity index is 2.05. The molecule has 26 heavy (non-hydrogen) atoms. The second-order valence-corrected chi connectivity index (χ2v) is 8.01. The summed E-state index contributed by atoms with van der Waals surface area (Å²) in [5, 5.41) is 8.54. The van der Waals surface area contributed by atoms with Gasteiger partial charge in [-0.25, -0.2) is 0 Å². The highest BCUT2D eigenvalue weighted by Crippen LogP contribution is 2.35. The number of hydrazone groups is 1. The SMILES string of the molecule is CCNC(=S)N/N=C\c1cc(Br)c(OCc2ccc(Cl)c(Cl)c2)c(Br)c1. The number of hydrogen-bond acceptors (Lipinski definition) is 3. The third-order valence-electron chi connectivity index (χ3n) is 3.10. The average Bonchev–Trinajstić information content (AvgIpc) is 2.57. The summed E-state index contributed by atoms with van der Waals surface area (Å²) in [6.07, 6.45) is 1.67. The van der Waals surface area contributed by atoms with E-state index in [1.807, 2.05) is 25.1 Å². The van der Waals surface area contributed by atoms with E-state index in [0.717, 1.165) is 26.6 Å². The van der Waals surface area contributed by atoms with Gasteiger partial charge in [0.05, 0.1) is 25.2 Å². The fraction of sp³-hybridized carbons (Fsp3) is 0.176. The maximum absolute atomic E-state index is 6.03. The van der Waals surface area contributed by atoms with Crippen LogP contribution in [-0.2, 0) is 6.61 Å². The zero-order valence-electron chi connectivity index (χ0n) is 13.7. The summed E-state index contributed by atoms with van der Waals surface area (Å²) >= 11 is 24.0. The lowest BCUT2D eigenvalue weighted by Gasteiger charge is -2.12. The van der Waals surface area contributed by atoms with E-state index in [1.54, 1.807) is 18.3 Å². The molecule has 0 unspecified atom stereocenters. The smallest absolute Gasteiger partial charge is 0.186 e. The van der Waals surface area contributed by atoms with Crippen molar-refractivity contribution in [1.82, 2.24) is 10.7 Å². The number of thiocarbonyl (C=S) groups is 1. The van der Waals surface area contributed by atoms with Crippen LogP contribution < -0.4 is 15.5 Å². The molecule has 0 saturated heterocycles. The lowest BCUT2D eigenvalue weighted by molar-refractivity contribution is 0.302. The van der Waals surface area contributed by atoms with Gasteiger partial charge >= 0.3 is 0 Å². The molecule has 2 N–H and O–H groups in total. The van der Waals surface area contributed by atoms with Gasteiger partial charge in [-0.05, 0) is 86.4 Å². The summed E-state index contributed by atoms with van der Waals surface area (Å²) in [6.45, 7) is 3.06. The number of benzene rings is 2. The predicted molar refractivity (Wildman–Crippen MR) is 120 cm³/mol. The molecule has 2 rings (SSSR count). The van der Waals surface area contributed by atoms with E-state index in [2.05, 4.69) is 47.7 Å². The molecule has 0 heterocycles. The summed E-state index contributed by atoms with van der Waals surface area (Å²) in [6, 6.07) is 9.20. The molecule has 0 amide bonds. The highest BCUT2D eigenvalue weighted by molar-refractivity contribution is 9.11.